The fourth-order valence-corrected chi connectivity index (χ4v) is 2.26. The molecule has 0 fully saturated rings. The zero-order valence-electron chi connectivity index (χ0n) is 13.9. The van der Waals surface area contributed by atoms with Crippen molar-refractivity contribution in [1.82, 2.24) is 4.90 Å². The molecule has 0 aliphatic rings. The smallest absolute Gasteiger partial charge is 0.133 e. The summed E-state index contributed by atoms with van der Waals surface area (Å²) in [4.78, 5) is 2.35. The third-order valence-electron chi connectivity index (χ3n) is 3.68. The molecular formula is C20H25NO2. The number of likely N-dealkylation sites (N-methyl/N-ethyl adjacent to an activating group) is 1. The topological polar surface area (TPSA) is 25.6 Å². The van der Waals surface area contributed by atoms with Crippen LogP contribution >= 0.6 is 0 Å². The minimum Gasteiger partial charge on any atom is -0.492 e. The molecule has 0 radical (unpaired) electrons. The molecule has 0 aliphatic carbocycles. The molecule has 0 bridgehead atoms. The number of nitrogens with zero attached hydrogens (tertiary/aromatic N) is 1. The minimum atomic E-state index is 0.770. The van der Waals surface area contributed by atoms with Crippen molar-refractivity contribution in [1.29, 1.82) is 0 Å². The van der Waals surface area contributed by atoms with E-state index in [0.29, 0.717) is 0 Å². The van der Waals surface area contributed by atoms with Crippen LogP contribution in [-0.4, -0.2) is 31.1 Å². The Morgan fingerprint density at radius 2 is 1.57 bits per heavy atom. The van der Waals surface area contributed by atoms with Gasteiger partial charge in [-0.2, -0.15) is 0 Å². The summed E-state index contributed by atoms with van der Waals surface area (Å²) in [6.45, 7) is 8.30. The van der Waals surface area contributed by atoms with Gasteiger partial charge < -0.3 is 14.1 Å². The lowest BCUT2D eigenvalue weighted by molar-refractivity contribution is 0.223. The third-order valence-corrected chi connectivity index (χ3v) is 3.68. The molecule has 3 nitrogen and oxygen atoms in total. The average molecular weight is 311 g/mol. The maximum atomic E-state index is 5.60. The number of para-hydroxylation sites is 2. The Hall–Kier alpha value is -2.26. The van der Waals surface area contributed by atoms with Crippen LogP contribution in [0.2, 0.25) is 0 Å². The van der Waals surface area contributed by atoms with E-state index in [-0.39, 0.29) is 0 Å². The van der Waals surface area contributed by atoms with E-state index >= 15 is 0 Å². The highest BCUT2D eigenvalue weighted by Gasteiger charge is 1.98. The number of hydrogen-bond donors (Lipinski definition) is 0. The van der Waals surface area contributed by atoms with Crippen molar-refractivity contribution in [3.8, 4) is 5.75 Å². The largest absolute Gasteiger partial charge is 0.492 e. The molecule has 0 amide bonds. The fraction of sp³-hybridized carbons (Fsp3) is 0.300. The Morgan fingerprint density at radius 3 is 2.26 bits per heavy atom. The SMILES string of the molecule is CCN(CC)CCOc1ccccc1.c1ccc2occc2c1. The molecular weight excluding hydrogens is 286 g/mol. The van der Waals surface area contributed by atoms with Crippen LogP contribution in [0.4, 0.5) is 0 Å². The first-order valence-corrected chi connectivity index (χ1v) is 8.16. The van der Waals surface area contributed by atoms with Crippen LogP contribution in [0.15, 0.2) is 71.3 Å². The summed E-state index contributed by atoms with van der Waals surface area (Å²) in [6, 6.07) is 19.9. The van der Waals surface area contributed by atoms with Crippen LogP contribution < -0.4 is 4.74 Å². The van der Waals surface area contributed by atoms with Gasteiger partial charge in [-0.1, -0.05) is 50.2 Å². The number of rotatable bonds is 6. The van der Waals surface area contributed by atoms with E-state index < -0.39 is 0 Å². The average Bonchev–Trinajstić information content (AvgIpc) is 3.09. The third kappa shape index (κ3) is 5.80. The first-order valence-electron chi connectivity index (χ1n) is 8.16. The van der Waals surface area contributed by atoms with Crippen molar-refractivity contribution in [3.05, 3.63) is 66.9 Å². The highest BCUT2D eigenvalue weighted by atomic mass is 16.5. The molecule has 23 heavy (non-hydrogen) atoms. The molecule has 0 atom stereocenters. The van der Waals surface area contributed by atoms with Gasteiger partial charge in [0.2, 0.25) is 0 Å². The van der Waals surface area contributed by atoms with Gasteiger partial charge in [0, 0.05) is 11.9 Å². The highest BCUT2D eigenvalue weighted by molar-refractivity contribution is 5.76. The molecule has 122 valence electrons. The second-order valence-corrected chi connectivity index (χ2v) is 5.15. The summed E-state index contributed by atoms with van der Waals surface area (Å²) >= 11 is 0. The van der Waals surface area contributed by atoms with Crippen molar-refractivity contribution >= 4 is 11.0 Å². The molecule has 1 heterocycles. The zero-order chi connectivity index (χ0) is 16.3. The van der Waals surface area contributed by atoms with Crippen LogP contribution in [0.25, 0.3) is 11.0 Å². The summed E-state index contributed by atoms with van der Waals surface area (Å²) in [6.07, 6.45) is 1.70. The number of benzene rings is 2. The molecule has 0 aliphatic heterocycles. The van der Waals surface area contributed by atoms with E-state index in [2.05, 4.69) is 18.7 Å². The van der Waals surface area contributed by atoms with Gasteiger partial charge in [-0.3, -0.25) is 0 Å². The second kappa shape index (κ2) is 9.70. The molecule has 3 heteroatoms. The van der Waals surface area contributed by atoms with Gasteiger partial charge in [-0.15, -0.1) is 0 Å². The molecule has 0 unspecified atom stereocenters. The van der Waals surface area contributed by atoms with Crippen LogP contribution in [0.5, 0.6) is 5.75 Å². The van der Waals surface area contributed by atoms with Crippen LogP contribution in [0.1, 0.15) is 13.8 Å². The molecule has 3 rings (SSSR count). The second-order valence-electron chi connectivity index (χ2n) is 5.15. The molecule has 2 aromatic carbocycles. The Labute approximate surface area is 138 Å². The molecule has 0 N–H and O–H groups in total. The summed E-state index contributed by atoms with van der Waals surface area (Å²) < 4.78 is 10.7. The van der Waals surface area contributed by atoms with Gasteiger partial charge in [0.25, 0.3) is 0 Å². The zero-order valence-corrected chi connectivity index (χ0v) is 13.9. The highest BCUT2D eigenvalue weighted by Crippen LogP contribution is 2.12. The molecule has 1 aromatic heterocycles. The van der Waals surface area contributed by atoms with Gasteiger partial charge in [0.15, 0.2) is 0 Å². The summed E-state index contributed by atoms with van der Waals surface area (Å²) in [5, 5.41) is 1.16. The lowest BCUT2D eigenvalue weighted by Crippen LogP contribution is -2.27. The van der Waals surface area contributed by atoms with Crippen molar-refractivity contribution in [2.24, 2.45) is 0 Å². The predicted octanol–water partition coefficient (Wildman–Crippen LogP) is 4.84. The Morgan fingerprint density at radius 1 is 0.870 bits per heavy atom. The first-order chi connectivity index (χ1) is 11.3. The number of fused-ring (bicyclic) bond motifs is 1. The predicted molar refractivity (Wildman–Crippen MR) is 95.9 cm³/mol. The standard InChI is InChI=1S/C12H19NO.C8H6O/c1-3-13(4-2)10-11-14-12-8-6-5-7-9-12;1-2-4-8-7(3-1)5-6-9-8/h5-9H,3-4,10-11H2,1-2H3;1-6H. The molecule has 0 saturated heterocycles. The lowest BCUT2D eigenvalue weighted by Gasteiger charge is -2.17. The summed E-state index contributed by atoms with van der Waals surface area (Å²) in [5.41, 5.74) is 0.956. The van der Waals surface area contributed by atoms with Gasteiger partial charge in [-0.05, 0) is 37.4 Å². The van der Waals surface area contributed by atoms with Crippen LogP contribution in [0.3, 0.4) is 0 Å². The lowest BCUT2D eigenvalue weighted by atomic mass is 10.3. The van der Waals surface area contributed by atoms with E-state index in [1.807, 2.05) is 60.7 Å². The van der Waals surface area contributed by atoms with E-state index in [1.165, 1.54) is 0 Å². The van der Waals surface area contributed by atoms with Crippen molar-refractivity contribution in [2.45, 2.75) is 13.8 Å². The van der Waals surface area contributed by atoms with E-state index in [1.54, 1.807) is 6.26 Å². The van der Waals surface area contributed by atoms with Crippen molar-refractivity contribution in [3.63, 3.8) is 0 Å². The molecule has 0 saturated carbocycles. The normalized spacial score (nSPS) is 10.4. The van der Waals surface area contributed by atoms with Gasteiger partial charge in [-0.25, -0.2) is 0 Å². The van der Waals surface area contributed by atoms with Gasteiger partial charge in [0.1, 0.15) is 17.9 Å². The Kier molecular flexibility index (Phi) is 7.21. The number of ether oxygens (including phenoxy) is 1. The first kappa shape index (κ1) is 17.1. The Bertz CT molecular complexity index is 629. The van der Waals surface area contributed by atoms with E-state index in [9.17, 15) is 0 Å². The summed E-state index contributed by atoms with van der Waals surface area (Å²) in [7, 11) is 0. The maximum Gasteiger partial charge on any atom is 0.133 e. The molecule has 0 spiro atoms. The molecule has 3 aromatic rings. The van der Waals surface area contributed by atoms with Crippen molar-refractivity contribution in [2.75, 3.05) is 26.2 Å². The van der Waals surface area contributed by atoms with Gasteiger partial charge >= 0.3 is 0 Å². The maximum absolute atomic E-state index is 5.60. The Balaban J connectivity index is 0.000000182. The van der Waals surface area contributed by atoms with Crippen molar-refractivity contribution < 1.29 is 9.15 Å². The van der Waals surface area contributed by atoms with Crippen LogP contribution in [-0.2, 0) is 0 Å². The minimum absolute atomic E-state index is 0.770. The number of furan rings is 1. The fourth-order valence-electron chi connectivity index (χ4n) is 2.26. The van der Waals surface area contributed by atoms with Gasteiger partial charge in [0.05, 0.1) is 6.26 Å². The van der Waals surface area contributed by atoms with E-state index in [4.69, 9.17) is 9.15 Å². The monoisotopic (exact) mass is 311 g/mol. The summed E-state index contributed by atoms with van der Waals surface area (Å²) in [5.74, 6) is 0.958. The number of hydrogen-bond acceptors (Lipinski definition) is 3. The quantitative estimate of drug-likeness (QED) is 0.651. The van der Waals surface area contributed by atoms with E-state index in [0.717, 1.165) is 43.0 Å². The van der Waals surface area contributed by atoms with Crippen LogP contribution in [0, 0.1) is 0 Å².